The zero-order valence-electron chi connectivity index (χ0n) is 19.3. The Kier molecular flexibility index (Phi) is 5.28. The number of ether oxygens (including phenoxy) is 3. The summed E-state index contributed by atoms with van der Waals surface area (Å²) in [5.74, 6) is 1.82. The molecule has 2 aromatic rings. The van der Waals surface area contributed by atoms with Gasteiger partial charge >= 0.3 is 6.09 Å². The van der Waals surface area contributed by atoms with E-state index in [1.807, 2.05) is 43.3 Å². The van der Waals surface area contributed by atoms with Crippen molar-refractivity contribution in [3.05, 3.63) is 59.2 Å². The molecule has 32 heavy (non-hydrogen) atoms. The molecule has 1 spiro atoms. The van der Waals surface area contributed by atoms with Crippen LogP contribution in [0.25, 0.3) is 0 Å². The van der Waals surface area contributed by atoms with Crippen molar-refractivity contribution in [3.63, 3.8) is 0 Å². The van der Waals surface area contributed by atoms with Gasteiger partial charge in [-0.05, 0) is 44.1 Å². The van der Waals surface area contributed by atoms with E-state index in [2.05, 4.69) is 30.3 Å². The Bertz CT molecular complexity index is 1010. The summed E-state index contributed by atoms with van der Waals surface area (Å²) in [5.41, 5.74) is 3.45. The molecule has 5 atom stereocenters. The van der Waals surface area contributed by atoms with Gasteiger partial charge in [0, 0.05) is 29.9 Å². The van der Waals surface area contributed by atoms with Gasteiger partial charge in [0.1, 0.15) is 12.2 Å². The number of rotatable bonds is 4. The van der Waals surface area contributed by atoms with Crippen LogP contribution in [0.4, 0.5) is 4.79 Å². The van der Waals surface area contributed by atoms with E-state index in [9.17, 15) is 4.79 Å². The second-order valence-corrected chi connectivity index (χ2v) is 9.51. The number of alkyl carbamates (subject to hydrolysis) is 1. The molecule has 1 amide bonds. The lowest BCUT2D eigenvalue weighted by molar-refractivity contribution is 0.0652. The predicted molar refractivity (Wildman–Crippen MR) is 122 cm³/mol. The molecule has 0 bridgehead atoms. The normalized spacial score (nSPS) is 29.3. The summed E-state index contributed by atoms with van der Waals surface area (Å²) in [5, 5.41) is 2.99. The number of nitrogens with one attached hydrogen (secondary N) is 1. The highest BCUT2D eigenvalue weighted by Crippen LogP contribution is 2.61. The first-order valence-electron chi connectivity index (χ1n) is 11.5. The number of hydrogen-bond donors (Lipinski definition) is 1. The Morgan fingerprint density at radius 3 is 2.78 bits per heavy atom. The quantitative estimate of drug-likeness (QED) is 0.769. The SMILES string of the molecule is COc1ccc2c3c1O[C@H]1C[C@H](OC(=O)N[C@@H](C)c4ccccc4)C(C)[C@@]31CCN(C)C2. The lowest BCUT2D eigenvalue weighted by Gasteiger charge is -2.34. The average Bonchev–Trinajstić information content (AvgIpc) is 3.18. The third-order valence-corrected chi connectivity index (χ3v) is 7.78. The largest absolute Gasteiger partial charge is 0.493 e. The number of carbonyl (C=O) groups excluding carboxylic acids is 1. The zero-order chi connectivity index (χ0) is 22.5. The first-order valence-corrected chi connectivity index (χ1v) is 11.5. The summed E-state index contributed by atoms with van der Waals surface area (Å²) in [4.78, 5) is 15.1. The number of amides is 1. The maximum absolute atomic E-state index is 12.8. The van der Waals surface area contributed by atoms with Gasteiger partial charge in [-0.1, -0.05) is 43.3 Å². The number of methoxy groups -OCH3 is 1. The third kappa shape index (κ3) is 3.24. The summed E-state index contributed by atoms with van der Waals surface area (Å²) < 4.78 is 18.2. The standard InChI is InChI=1S/C26H32N2O4/c1-16-21(31-25(29)27-17(2)18-8-6-5-7-9-18)14-22-26(16)12-13-28(3)15-19-10-11-20(30-4)24(32-22)23(19)26/h5-11,16-17,21-22H,12-15H2,1-4H3,(H,27,29)/t16?,17-,21-,22-,26+/m0/s1. The molecule has 1 N–H and O–H groups in total. The highest BCUT2D eigenvalue weighted by molar-refractivity contribution is 5.68. The fourth-order valence-corrected chi connectivity index (χ4v) is 6.04. The van der Waals surface area contributed by atoms with Crippen molar-refractivity contribution < 1.29 is 19.0 Å². The zero-order valence-corrected chi connectivity index (χ0v) is 19.3. The van der Waals surface area contributed by atoms with Gasteiger partial charge in [0.2, 0.25) is 0 Å². The Morgan fingerprint density at radius 2 is 2.03 bits per heavy atom. The molecule has 2 heterocycles. The Hall–Kier alpha value is -2.73. The summed E-state index contributed by atoms with van der Waals surface area (Å²) in [6.07, 6.45) is 1.09. The van der Waals surface area contributed by atoms with Crippen molar-refractivity contribution in [2.75, 3.05) is 20.7 Å². The van der Waals surface area contributed by atoms with E-state index in [0.29, 0.717) is 6.42 Å². The molecule has 6 nitrogen and oxygen atoms in total. The van der Waals surface area contributed by atoms with Crippen LogP contribution < -0.4 is 14.8 Å². The highest BCUT2D eigenvalue weighted by Gasteiger charge is 2.62. The molecule has 3 aliphatic rings. The predicted octanol–water partition coefficient (Wildman–Crippen LogP) is 4.43. The molecule has 1 aliphatic carbocycles. The van der Waals surface area contributed by atoms with Crippen molar-refractivity contribution in [1.29, 1.82) is 0 Å². The van der Waals surface area contributed by atoms with E-state index in [1.54, 1.807) is 7.11 Å². The molecule has 170 valence electrons. The van der Waals surface area contributed by atoms with Gasteiger partial charge in [-0.15, -0.1) is 0 Å². The van der Waals surface area contributed by atoms with E-state index >= 15 is 0 Å². The molecule has 2 aliphatic heterocycles. The van der Waals surface area contributed by atoms with Crippen LogP contribution in [0.15, 0.2) is 42.5 Å². The van der Waals surface area contributed by atoms with Crippen LogP contribution in [-0.2, 0) is 16.7 Å². The first kappa shape index (κ1) is 21.1. The molecular formula is C26H32N2O4. The van der Waals surface area contributed by atoms with Gasteiger partial charge < -0.3 is 24.4 Å². The van der Waals surface area contributed by atoms with Gasteiger partial charge in [0.15, 0.2) is 11.5 Å². The van der Waals surface area contributed by atoms with Crippen LogP contribution in [0, 0.1) is 5.92 Å². The molecule has 0 radical (unpaired) electrons. The number of hydrogen-bond acceptors (Lipinski definition) is 5. The minimum absolute atomic E-state index is 0.0154. The summed E-state index contributed by atoms with van der Waals surface area (Å²) >= 11 is 0. The lowest BCUT2D eigenvalue weighted by atomic mass is 9.69. The summed E-state index contributed by atoms with van der Waals surface area (Å²) in [7, 11) is 3.86. The molecule has 5 rings (SSSR count). The second-order valence-electron chi connectivity index (χ2n) is 9.51. The third-order valence-electron chi connectivity index (χ3n) is 7.78. The van der Waals surface area contributed by atoms with E-state index in [0.717, 1.165) is 36.6 Å². The van der Waals surface area contributed by atoms with Crippen molar-refractivity contribution in [2.45, 2.75) is 56.9 Å². The molecule has 1 fully saturated rings. The van der Waals surface area contributed by atoms with E-state index in [4.69, 9.17) is 14.2 Å². The highest BCUT2D eigenvalue weighted by atomic mass is 16.6. The molecule has 0 aromatic heterocycles. The van der Waals surface area contributed by atoms with Gasteiger partial charge in [-0.3, -0.25) is 0 Å². The maximum atomic E-state index is 12.8. The van der Waals surface area contributed by atoms with Crippen molar-refractivity contribution >= 4 is 6.09 Å². The van der Waals surface area contributed by atoms with Gasteiger partial charge in [0.05, 0.1) is 13.2 Å². The Morgan fingerprint density at radius 1 is 1.25 bits per heavy atom. The number of nitrogens with zero attached hydrogens (tertiary/aromatic N) is 1. The monoisotopic (exact) mass is 436 g/mol. The fourth-order valence-electron chi connectivity index (χ4n) is 6.04. The van der Waals surface area contributed by atoms with E-state index in [-0.39, 0.29) is 35.7 Å². The van der Waals surface area contributed by atoms with Crippen LogP contribution in [0.3, 0.4) is 0 Å². The minimum Gasteiger partial charge on any atom is -0.493 e. The van der Waals surface area contributed by atoms with Crippen LogP contribution >= 0.6 is 0 Å². The van der Waals surface area contributed by atoms with Crippen molar-refractivity contribution in [1.82, 2.24) is 10.2 Å². The Balaban J connectivity index is 1.39. The molecular weight excluding hydrogens is 404 g/mol. The maximum Gasteiger partial charge on any atom is 0.407 e. The summed E-state index contributed by atoms with van der Waals surface area (Å²) in [6, 6.07) is 14.0. The number of carbonyl (C=O) groups is 1. The van der Waals surface area contributed by atoms with Crippen molar-refractivity contribution in [3.8, 4) is 11.5 Å². The molecule has 6 heteroatoms. The molecule has 1 saturated carbocycles. The average molecular weight is 437 g/mol. The lowest BCUT2D eigenvalue weighted by Crippen LogP contribution is -2.41. The van der Waals surface area contributed by atoms with E-state index in [1.165, 1.54) is 11.1 Å². The number of benzene rings is 2. The van der Waals surface area contributed by atoms with Gasteiger partial charge in [-0.25, -0.2) is 4.79 Å². The first-order chi connectivity index (χ1) is 15.4. The fraction of sp³-hybridized carbons (Fsp3) is 0.500. The summed E-state index contributed by atoms with van der Waals surface area (Å²) in [6.45, 7) is 6.05. The second kappa shape index (κ2) is 8.00. The van der Waals surface area contributed by atoms with Crippen LogP contribution in [0.1, 0.15) is 49.4 Å². The van der Waals surface area contributed by atoms with Crippen molar-refractivity contribution in [2.24, 2.45) is 5.92 Å². The molecule has 0 saturated heterocycles. The topological polar surface area (TPSA) is 60.0 Å². The van der Waals surface area contributed by atoms with Crippen LogP contribution in [0.5, 0.6) is 11.5 Å². The molecule has 2 aromatic carbocycles. The van der Waals surface area contributed by atoms with Gasteiger partial charge in [0.25, 0.3) is 0 Å². The van der Waals surface area contributed by atoms with Gasteiger partial charge in [-0.2, -0.15) is 0 Å². The van der Waals surface area contributed by atoms with Crippen LogP contribution in [-0.4, -0.2) is 43.9 Å². The van der Waals surface area contributed by atoms with E-state index < -0.39 is 0 Å². The minimum atomic E-state index is -0.369. The molecule has 1 unspecified atom stereocenters. The Labute approximate surface area is 189 Å². The smallest absolute Gasteiger partial charge is 0.407 e. The van der Waals surface area contributed by atoms with Crippen LogP contribution in [0.2, 0.25) is 0 Å².